The molecule has 1 atom stereocenters. The van der Waals surface area contributed by atoms with Crippen molar-refractivity contribution in [2.45, 2.75) is 44.2 Å². The zero-order valence-electron chi connectivity index (χ0n) is 14.8. The van der Waals surface area contributed by atoms with Gasteiger partial charge in [0.1, 0.15) is 0 Å². The monoisotopic (exact) mass is 390 g/mol. The minimum absolute atomic E-state index is 0.0683. The zero-order valence-corrected chi connectivity index (χ0v) is 16.4. The van der Waals surface area contributed by atoms with Gasteiger partial charge in [-0.2, -0.15) is 0 Å². The fraction of sp³-hybridized carbons (Fsp3) is 0.316. The molecule has 2 aromatic carbocycles. The maximum Gasteiger partial charge on any atom is 0.308 e. The highest BCUT2D eigenvalue weighted by molar-refractivity contribution is 7.89. The van der Waals surface area contributed by atoms with Gasteiger partial charge in [0.2, 0.25) is 10.0 Å². The van der Waals surface area contributed by atoms with Crippen LogP contribution in [0.3, 0.4) is 0 Å². The SMILES string of the molecule is CCn1c(=O)sc2cc(S(=O)(=O)N[C@H](C)CCc3ccccc3)ccc21. The van der Waals surface area contributed by atoms with Gasteiger partial charge in [-0.25, -0.2) is 13.1 Å². The third kappa shape index (κ3) is 4.06. The number of fused-ring (bicyclic) bond motifs is 1. The van der Waals surface area contributed by atoms with Crippen molar-refractivity contribution in [2.75, 3.05) is 0 Å². The Morgan fingerprint density at radius 2 is 1.88 bits per heavy atom. The first-order chi connectivity index (χ1) is 12.4. The van der Waals surface area contributed by atoms with E-state index >= 15 is 0 Å². The van der Waals surface area contributed by atoms with Gasteiger partial charge in [-0.05, 0) is 50.5 Å². The average Bonchev–Trinajstić information content (AvgIpc) is 2.94. The number of aryl methyl sites for hydroxylation is 2. The minimum atomic E-state index is -3.62. The number of benzene rings is 2. The number of thiazole rings is 1. The molecule has 0 spiro atoms. The zero-order chi connectivity index (χ0) is 18.7. The van der Waals surface area contributed by atoms with Gasteiger partial charge in [0.25, 0.3) is 0 Å². The van der Waals surface area contributed by atoms with Gasteiger partial charge >= 0.3 is 4.87 Å². The van der Waals surface area contributed by atoms with Crippen molar-refractivity contribution < 1.29 is 8.42 Å². The lowest BCUT2D eigenvalue weighted by Crippen LogP contribution is -2.32. The summed E-state index contributed by atoms with van der Waals surface area (Å²) in [6, 6.07) is 14.7. The molecule has 0 amide bonds. The van der Waals surface area contributed by atoms with Crippen LogP contribution in [0.2, 0.25) is 0 Å². The Morgan fingerprint density at radius 1 is 1.15 bits per heavy atom. The van der Waals surface area contributed by atoms with Crippen molar-refractivity contribution >= 4 is 31.6 Å². The molecular weight excluding hydrogens is 368 g/mol. The molecular formula is C19H22N2O3S2. The highest BCUT2D eigenvalue weighted by Gasteiger charge is 2.19. The third-order valence-corrected chi connectivity index (χ3v) is 6.86. The molecule has 0 radical (unpaired) electrons. The van der Waals surface area contributed by atoms with E-state index in [0.29, 0.717) is 17.7 Å². The summed E-state index contributed by atoms with van der Waals surface area (Å²) in [5.74, 6) is 0. The molecule has 0 unspecified atom stereocenters. The lowest BCUT2D eigenvalue weighted by Gasteiger charge is -2.14. The van der Waals surface area contributed by atoms with Crippen LogP contribution in [-0.2, 0) is 23.0 Å². The molecule has 0 aliphatic heterocycles. The van der Waals surface area contributed by atoms with E-state index < -0.39 is 10.0 Å². The first kappa shape index (κ1) is 18.8. The molecule has 0 aliphatic carbocycles. The molecule has 0 fully saturated rings. The van der Waals surface area contributed by atoms with Crippen LogP contribution >= 0.6 is 11.3 Å². The molecule has 0 saturated heterocycles. The van der Waals surface area contributed by atoms with Crippen molar-refractivity contribution in [3.05, 3.63) is 63.8 Å². The van der Waals surface area contributed by atoms with E-state index in [1.165, 1.54) is 5.56 Å². The van der Waals surface area contributed by atoms with Gasteiger partial charge in [-0.15, -0.1) is 0 Å². The Hall–Kier alpha value is -1.96. The fourth-order valence-corrected chi connectivity index (χ4v) is 5.31. The lowest BCUT2D eigenvalue weighted by atomic mass is 10.1. The minimum Gasteiger partial charge on any atom is -0.299 e. The van der Waals surface area contributed by atoms with E-state index in [1.54, 1.807) is 22.8 Å². The Bertz CT molecular complexity index is 1050. The summed E-state index contributed by atoms with van der Waals surface area (Å²) in [6.07, 6.45) is 1.52. The molecule has 1 N–H and O–H groups in total. The Labute approximate surface area is 157 Å². The van der Waals surface area contributed by atoms with Gasteiger partial charge in [0, 0.05) is 12.6 Å². The normalized spacial score (nSPS) is 13.2. The van der Waals surface area contributed by atoms with E-state index in [1.807, 2.05) is 44.2 Å². The standard InChI is InChI=1S/C19H22N2O3S2/c1-3-21-17-12-11-16(13-18(17)25-19(21)22)26(23,24)20-14(2)9-10-15-7-5-4-6-8-15/h4-8,11-14,20H,3,9-10H2,1-2H3/t14-/m1/s1. The summed E-state index contributed by atoms with van der Waals surface area (Å²) in [5, 5.41) is 0. The smallest absolute Gasteiger partial charge is 0.299 e. The van der Waals surface area contributed by atoms with E-state index in [-0.39, 0.29) is 15.8 Å². The number of aromatic nitrogens is 1. The fourth-order valence-electron chi connectivity index (χ4n) is 2.93. The van der Waals surface area contributed by atoms with Crippen molar-refractivity contribution in [3.8, 4) is 0 Å². The molecule has 0 saturated carbocycles. The van der Waals surface area contributed by atoms with E-state index in [4.69, 9.17) is 0 Å². The highest BCUT2D eigenvalue weighted by atomic mass is 32.2. The molecule has 26 heavy (non-hydrogen) atoms. The molecule has 3 aromatic rings. The van der Waals surface area contributed by atoms with Crippen LogP contribution in [0.15, 0.2) is 58.2 Å². The maximum atomic E-state index is 12.7. The van der Waals surface area contributed by atoms with Crippen molar-refractivity contribution in [1.29, 1.82) is 0 Å². The second-order valence-corrected chi connectivity index (χ2v) is 9.00. The van der Waals surface area contributed by atoms with Crippen LogP contribution in [0.5, 0.6) is 0 Å². The third-order valence-electron chi connectivity index (χ3n) is 4.33. The number of sulfonamides is 1. The van der Waals surface area contributed by atoms with Crippen LogP contribution in [0.1, 0.15) is 25.8 Å². The summed E-state index contributed by atoms with van der Waals surface area (Å²) in [6.45, 7) is 4.33. The van der Waals surface area contributed by atoms with Crippen molar-refractivity contribution in [3.63, 3.8) is 0 Å². The van der Waals surface area contributed by atoms with Gasteiger partial charge in [-0.1, -0.05) is 41.7 Å². The summed E-state index contributed by atoms with van der Waals surface area (Å²) in [4.78, 5) is 12.1. The van der Waals surface area contributed by atoms with Crippen LogP contribution in [0.25, 0.3) is 10.2 Å². The summed E-state index contributed by atoms with van der Waals surface area (Å²) in [5.41, 5.74) is 1.96. The predicted octanol–water partition coefficient (Wildman–Crippen LogP) is 3.38. The van der Waals surface area contributed by atoms with Gasteiger partial charge < -0.3 is 0 Å². The lowest BCUT2D eigenvalue weighted by molar-refractivity contribution is 0.547. The predicted molar refractivity (Wildman–Crippen MR) is 106 cm³/mol. The van der Waals surface area contributed by atoms with Gasteiger partial charge in [0.15, 0.2) is 0 Å². The number of hydrogen-bond donors (Lipinski definition) is 1. The van der Waals surface area contributed by atoms with Gasteiger partial charge in [-0.3, -0.25) is 9.36 Å². The number of hydrogen-bond acceptors (Lipinski definition) is 4. The molecule has 3 rings (SSSR count). The molecule has 7 heteroatoms. The molecule has 1 heterocycles. The van der Waals surface area contributed by atoms with Crippen molar-refractivity contribution in [1.82, 2.24) is 9.29 Å². The summed E-state index contributed by atoms with van der Waals surface area (Å²) in [7, 11) is -3.62. The number of nitrogens with zero attached hydrogens (tertiary/aromatic N) is 1. The van der Waals surface area contributed by atoms with E-state index in [2.05, 4.69) is 4.72 Å². The Kier molecular flexibility index (Phi) is 5.60. The highest BCUT2D eigenvalue weighted by Crippen LogP contribution is 2.22. The largest absolute Gasteiger partial charge is 0.308 e. The van der Waals surface area contributed by atoms with Crippen LogP contribution in [0.4, 0.5) is 0 Å². The first-order valence-electron chi connectivity index (χ1n) is 8.60. The quantitative estimate of drug-likeness (QED) is 0.672. The Morgan fingerprint density at radius 3 is 2.58 bits per heavy atom. The van der Waals surface area contributed by atoms with Crippen molar-refractivity contribution in [2.24, 2.45) is 0 Å². The summed E-state index contributed by atoms with van der Waals surface area (Å²) < 4.78 is 30.4. The molecule has 138 valence electrons. The Balaban J connectivity index is 1.75. The topological polar surface area (TPSA) is 68.2 Å². The number of rotatable bonds is 7. The number of nitrogens with one attached hydrogen (secondary N) is 1. The molecule has 1 aromatic heterocycles. The maximum absolute atomic E-state index is 12.7. The molecule has 5 nitrogen and oxygen atoms in total. The first-order valence-corrected chi connectivity index (χ1v) is 10.9. The van der Waals surface area contributed by atoms with Crippen LogP contribution in [0, 0.1) is 0 Å². The van der Waals surface area contributed by atoms with Crippen LogP contribution < -0.4 is 9.60 Å². The second kappa shape index (κ2) is 7.73. The van der Waals surface area contributed by atoms with E-state index in [0.717, 1.165) is 23.3 Å². The summed E-state index contributed by atoms with van der Waals surface area (Å²) >= 11 is 1.08. The molecule has 0 bridgehead atoms. The van der Waals surface area contributed by atoms with Crippen LogP contribution in [-0.4, -0.2) is 19.0 Å². The van der Waals surface area contributed by atoms with Gasteiger partial charge in [0.05, 0.1) is 15.1 Å². The molecule has 0 aliphatic rings. The van der Waals surface area contributed by atoms with E-state index in [9.17, 15) is 13.2 Å². The average molecular weight is 391 g/mol. The second-order valence-electron chi connectivity index (χ2n) is 6.29.